The topological polar surface area (TPSA) is 41.1 Å². The van der Waals surface area contributed by atoms with Gasteiger partial charge in [-0.05, 0) is 65.4 Å². The van der Waals surface area contributed by atoms with E-state index in [-0.39, 0.29) is 18.5 Å². The lowest BCUT2D eigenvalue weighted by Gasteiger charge is -2.14. The lowest BCUT2D eigenvalue weighted by Crippen LogP contribution is -2.30. The average Bonchev–Trinajstić information content (AvgIpc) is 2.45. The lowest BCUT2D eigenvalue weighted by molar-refractivity contribution is -0.115. The van der Waals surface area contributed by atoms with Gasteiger partial charge in [0.15, 0.2) is 0 Å². The minimum absolute atomic E-state index is 0.0605. The summed E-state index contributed by atoms with van der Waals surface area (Å²) in [6, 6.07) is 15.4. The summed E-state index contributed by atoms with van der Waals surface area (Å²) in [5.41, 5.74) is 1.87. The predicted molar refractivity (Wildman–Crippen MR) is 95.7 cm³/mol. The molecule has 2 aromatic carbocycles. The minimum atomic E-state index is -0.0640. The average molecular weight is 415 g/mol. The molecule has 0 aliphatic heterocycles. The molecular formula is C16H16ClIN2O. The third-order valence-corrected chi connectivity index (χ3v) is 3.93. The van der Waals surface area contributed by atoms with Gasteiger partial charge in [0.05, 0.1) is 6.54 Å². The molecule has 2 rings (SSSR count). The highest BCUT2D eigenvalue weighted by Gasteiger charge is 2.08. The second-order valence-electron chi connectivity index (χ2n) is 4.72. The molecule has 0 fully saturated rings. The maximum absolute atomic E-state index is 11.9. The summed E-state index contributed by atoms with van der Waals surface area (Å²) in [6.45, 7) is 2.25. The standard InChI is InChI=1S/C16H16ClIN2O/c1-11(12-4-2-5-13(17)8-12)19-10-16(21)20-15-7-3-6-14(18)9-15/h2-9,11,19H,10H2,1H3,(H,20,21)/t11-/m0/s1. The molecule has 0 saturated heterocycles. The molecule has 0 heterocycles. The van der Waals surface area contributed by atoms with E-state index in [1.165, 1.54) is 0 Å². The molecule has 0 bridgehead atoms. The Bertz CT molecular complexity index is 633. The molecule has 110 valence electrons. The molecule has 1 amide bonds. The largest absolute Gasteiger partial charge is 0.325 e. The molecule has 0 aliphatic rings. The van der Waals surface area contributed by atoms with Crippen LogP contribution in [-0.2, 0) is 4.79 Å². The first-order valence-electron chi connectivity index (χ1n) is 6.59. The van der Waals surface area contributed by atoms with Crippen LogP contribution < -0.4 is 10.6 Å². The molecule has 0 unspecified atom stereocenters. The van der Waals surface area contributed by atoms with E-state index in [0.717, 1.165) is 14.8 Å². The summed E-state index contributed by atoms with van der Waals surface area (Å²) in [7, 11) is 0. The highest BCUT2D eigenvalue weighted by Crippen LogP contribution is 2.17. The Morgan fingerprint density at radius 2 is 2.00 bits per heavy atom. The van der Waals surface area contributed by atoms with Gasteiger partial charge in [-0.2, -0.15) is 0 Å². The molecule has 2 N–H and O–H groups in total. The van der Waals surface area contributed by atoms with E-state index in [1.807, 2.05) is 55.5 Å². The second-order valence-corrected chi connectivity index (χ2v) is 6.40. The number of carbonyl (C=O) groups excluding carboxylic acids is 1. The first-order valence-corrected chi connectivity index (χ1v) is 8.04. The van der Waals surface area contributed by atoms with Crippen LogP contribution in [0.1, 0.15) is 18.5 Å². The Morgan fingerprint density at radius 3 is 2.71 bits per heavy atom. The predicted octanol–water partition coefficient (Wildman–Crippen LogP) is 4.23. The molecule has 0 saturated carbocycles. The Balaban J connectivity index is 1.86. The van der Waals surface area contributed by atoms with E-state index in [1.54, 1.807) is 0 Å². The van der Waals surface area contributed by atoms with Crippen molar-refractivity contribution in [1.82, 2.24) is 5.32 Å². The van der Waals surface area contributed by atoms with Crippen molar-refractivity contribution in [2.45, 2.75) is 13.0 Å². The van der Waals surface area contributed by atoms with Crippen molar-refractivity contribution < 1.29 is 4.79 Å². The van der Waals surface area contributed by atoms with Crippen molar-refractivity contribution in [3.63, 3.8) is 0 Å². The van der Waals surface area contributed by atoms with E-state index in [0.29, 0.717) is 5.02 Å². The molecule has 21 heavy (non-hydrogen) atoms. The summed E-state index contributed by atoms with van der Waals surface area (Å²) >= 11 is 8.18. The van der Waals surface area contributed by atoms with Gasteiger partial charge in [-0.1, -0.05) is 29.8 Å². The summed E-state index contributed by atoms with van der Waals surface area (Å²) in [5, 5.41) is 6.76. The van der Waals surface area contributed by atoms with Gasteiger partial charge in [-0.15, -0.1) is 0 Å². The van der Waals surface area contributed by atoms with Gasteiger partial charge in [0.1, 0.15) is 0 Å². The van der Waals surface area contributed by atoms with Gasteiger partial charge >= 0.3 is 0 Å². The van der Waals surface area contributed by atoms with E-state index < -0.39 is 0 Å². The van der Waals surface area contributed by atoms with Crippen LogP contribution >= 0.6 is 34.2 Å². The van der Waals surface area contributed by atoms with Crippen LogP contribution in [0.15, 0.2) is 48.5 Å². The van der Waals surface area contributed by atoms with Crippen molar-refractivity contribution in [3.05, 3.63) is 62.7 Å². The first-order chi connectivity index (χ1) is 10.0. The zero-order valence-electron chi connectivity index (χ0n) is 11.6. The fourth-order valence-corrected chi connectivity index (χ4v) is 2.65. The third kappa shape index (κ3) is 5.30. The van der Waals surface area contributed by atoms with Gasteiger partial charge < -0.3 is 10.6 Å². The van der Waals surface area contributed by atoms with Gasteiger partial charge in [0.25, 0.3) is 0 Å². The van der Waals surface area contributed by atoms with Crippen molar-refractivity contribution in [1.29, 1.82) is 0 Å². The highest BCUT2D eigenvalue weighted by atomic mass is 127. The van der Waals surface area contributed by atoms with Crippen molar-refractivity contribution in [2.75, 3.05) is 11.9 Å². The maximum Gasteiger partial charge on any atom is 0.238 e. The maximum atomic E-state index is 11.9. The number of halogens is 2. The first kappa shape index (κ1) is 16.3. The van der Waals surface area contributed by atoms with E-state index in [9.17, 15) is 4.79 Å². The monoisotopic (exact) mass is 414 g/mol. The van der Waals surface area contributed by atoms with Crippen LogP contribution in [0.5, 0.6) is 0 Å². The smallest absolute Gasteiger partial charge is 0.238 e. The number of hydrogen-bond acceptors (Lipinski definition) is 2. The molecule has 0 aromatic heterocycles. The number of carbonyl (C=O) groups is 1. The van der Waals surface area contributed by atoms with Crippen molar-refractivity contribution >= 4 is 45.8 Å². The molecule has 0 aliphatic carbocycles. The number of nitrogens with one attached hydrogen (secondary N) is 2. The van der Waals surface area contributed by atoms with E-state index >= 15 is 0 Å². The Kier molecular flexibility index (Phi) is 6.02. The zero-order chi connectivity index (χ0) is 15.2. The van der Waals surface area contributed by atoms with Crippen molar-refractivity contribution in [3.8, 4) is 0 Å². The minimum Gasteiger partial charge on any atom is -0.325 e. The van der Waals surface area contributed by atoms with Gasteiger partial charge in [-0.25, -0.2) is 0 Å². The zero-order valence-corrected chi connectivity index (χ0v) is 14.5. The molecule has 5 heteroatoms. The number of hydrogen-bond donors (Lipinski definition) is 2. The molecule has 0 radical (unpaired) electrons. The van der Waals surface area contributed by atoms with Crippen LogP contribution in [0.3, 0.4) is 0 Å². The molecule has 3 nitrogen and oxygen atoms in total. The molecular weight excluding hydrogens is 399 g/mol. The fraction of sp³-hybridized carbons (Fsp3) is 0.188. The van der Waals surface area contributed by atoms with Crippen LogP contribution in [-0.4, -0.2) is 12.5 Å². The summed E-state index contributed by atoms with van der Waals surface area (Å²) in [6.07, 6.45) is 0. The highest BCUT2D eigenvalue weighted by molar-refractivity contribution is 14.1. The Labute approximate surface area is 143 Å². The normalized spacial score (nSPS) is 12.0. The van der Waals surface area contributed by atoms with Crippen LogP contribution in [0, 0.1) is 3.57 Å². The molecule has 2 aromatic rings. The summed E-state index contributed by atoms with van der Waals surface area (Å²) < 4.78 is 1.09. The van der Waals surface area contributed by atoms with Gasteiger partial charge in [0.2, 0.25) is 5.91 Å². The lowest BCUT2D eigenvalue weighted by atomic mass is 10.1. The van der Waals surface area contributed by atoms with E-state index in [4.69, 9.17) is 11.6 Å². The van der Waals surface area contributed by atoms with Crippen LogP contribution in [0.2, 0.25) is 5.02 Å². The number of rotatable bonds is 5. The fourth-order valence-electron chi connectivity index (χ4n) is 1.91. The number of anilines is 1. The van der Waals surface area contributed by atoms with Crippen molar-refractivity contribution in [2.24, 2.45) is 0 Å². The Morgan fingerprint density at radius 1 is 1.24 bits per heavy atom. The summed E-state index contributed by atoms with van der Waals surface area (Å²) in [5.74, 6) is -0.0640. The second kappa shape index (κ2) is 7.77. The third-order valence-electron chi connectivity index (χ3n) is 3.03. The van der Waals surface area contributed by atoms with E-state index in [2.05, 4.69) is 33.2 Å². The van der Waals surface area contributed by atoms with Gasteiger partial charge in [-0.3, -0.25) is 4.79 Å². The Hall–Kier alpha value is -1.11. The number of benzene rings is 2. The summed E-state index contributed by atoms with van der Waals surface area (Å²) in [4.78, 5) is 11.9. The molecule has 0 spiro atoms. The quantitative estimate of drug-likeness (QED) is 0.719. The van der Waals surface area contributed by atoms with Crippen LogP contribution in [0.25, 0.3) is 0 Å². The SMILES string of the molecule is C[C@H](NCC(=O)Nc1cccc(I)c1)c1cccc(Cl)c1. The molecule has 1 atom stereocenters. The number of amides is 1. The van der Waals surface area contributed by atoms with Gasteiger partial charge in [0, 0.05) is 20.3 Å². The van der Waals surface area contributed by atoms with Crippen LogP contribution in [0.4, 0.5) is 5.69 Å².